The fraction of sp³-hybridized carbons (Fsp3) is 0.353. The summed E-state index contributed by atoms with van der Waals surface area (Å²) in [6.07, 6.45) is 3.42. The Kier molecular flexibility index (Phi) is 7.24. The van der Waals surface area contributed by atoms with Crippen LogP contribution in [0.3, 0.4) is 0 Å². The highest BCUT2D eigenvalue weighted by Gasteiger charge is 2.18. The summed E-state index contributed by atoms with van der Waals surface area (Å²) in [5, 5.41) is 7.90. The zero-order valence-electron chi connectivity index (χ0n) is 14.6. The van der Waals surface area contributed by atoms with E-state index in [4.69, 9.17) is 0 Å². The molecule has 0 fully saturated rings. The molecular weight excluding hydrogens is 420 g/mol. The van der Waals surface area contributed by atoms with E-state index in [9.17, 15) is 13.0 Å². The van der Waals surface area contributed by atoms with E-state index in [0.717, 1.165) is 36.1 Å². The number of nitrogens with zero attached hydrogens (tertiary/aromatic N) is 4. The number of azo groups is 1. The minimum absolute atomic E-state index is 0.0638. The molecular formula is C17H21BrN4O3S. The summed E-state index contributed by atoms with van der Waals surface area (Å²) in [6, 6.07) is 8.15. The van der Waals surface area contributed by atoms with E-state index in [1.807, 2.05) is 0 Å². The van der Waals surface area contributed by atoms with E-state index in [1.165, 1.54) is 6.07 Å². The lowest BCUT2D eigenvalue weighted by Gasteiger charge is -2.24. The van der Waals surface area contributed by atoms with Gasteiger partial charge in [0.2, 0.25) is 0 Å². The van der Waals surface area contributed by atoms with Gasteiger partial charge in [-0.3, -0.25) is 4.55 Å². The van der Waals surface area contributed by atoms with Crippen LogP contribution in [0.4, 0.5) is 17.2 Å². The predicted molar refractivity (Wildman–Crippen MR) is 105 cm³/mol. The molecule has 0 bridgehead atoms. The second kappa shape index (κ2) is 9.20. The van der Waals surface area contributed by atoms with E-state index >= 15 is 0 Å². The summed E-state index contributed by atoms with van der Waals surface area (Å²) in [5.74, 6) is 0.331. The lowest BCUT2D eigenvalue weighted by molar-refractivity contribution is 0.483. The molecule has 1 aromatic heterocycles. The van der Waals surface area contributed by atoms with Crippen LogP contribution >= 0.6 is 15.9 Å². The largest absolute Gasteiger partial charge is 0.372 e. The van der Waals surface area contributed by atoms with Gasteiger partial charge in [0, 0.05) is 29.4 Å². The van der Waals surface area contributed by atoms with Gasteiger partial charge in [-0.25, -0.2) is 4.98 Å². The quantitative estimate of drug-likeness (QED) is 0.453. The summed E-state index contributed by atoms with van der Waals surface area (Å²) in [5.41, 5.74) is 0.788. The highest BCUT2D eigenvalue weighted by molar-refractivity contribution is 9.10. The molecule has 0 spiro atoms. The van der Waals surface area contributed by atoms with Gasteiger partial charge in [0.05, 0.1) is 0 Å². The first-order chi connectivity index (χ1) is 12.3. The van der Waals surface area contributed by atoms with Crippen molar-refractivity contribution >= 4 is 43.2 Å². The van der Waals surface area contributed by atoms with Crippen LogP contribution in [0.5, 0.6) is 0 Å². The Hall–Kier alpha value is -1.84. The van der Waals surface area contributed by atoms with Crippen LogP contribution in [0.25, 0.3) is 0 Å². The van der Waals surface area contributed by atoms with Gasteiger partial charge < -0.3 is 4.90 Å². The highest BCUT2D eigenvalue weighted by atomic mass is 79.9. The van der Waals surface area contributed by atoms with Gasteiger partial charge in [-0.05, 0) is 59.1 Å². The van der Waals surface area contributed by atoms with E-state index in [0.29, 0.717) is 5.82 Å². The van der Waals surface area contributed by atoms with Gasteiger partial charge in [-0.2, -0.15) is 8.42 Å². The van der Waals surface area contributed by atoms with Crippen molar-refractivity contribution in [1.29, 1.82) is 0 Å². The third-order valence-electron chi connectivity index (χ3n) is 3.55. The maximum absolute atomic E-state index is 11.8. The molecule has 0 aliphatic heterocycles. The Morgan fingerprint density at radius 1 is 1.12 bits per heavy atom. The third-order valence-corrected chi connectivity index (χ3v) is 4.90. The van der Waals surface area contributed by atoms with Gasteiger partial charge in [0.25, 0.3) is 10.1 Å². The fourth-order valence-corrected chi connectivity index (χ4v) is 3.31. The maximum atomic E-state index is 11.8. The number of halogens is 1. The molecule has 0 atom stereocenters. The Morgan fingerprint density at radius 3 is 2.35 bits per heavy atom. The number of aromatic nitrogens is 1. The molecule has 1 N–H and O–H groups in total. The SMILES string of the molecule is CCCN(CCC)c1ccc(N=Nc2ccc(Br)cn2)c(S(=O)(=O)O)c1. The standard InChI is InChI=1S/C17H21BrN4O3S/c1-3-9-22(10-4-2)14-6-7-15(16(11-14)26(23,24)25)20-21-17-8-5-13(18)12-19-17/h5-8,11-12H,3-4,9-10H2,1-2H3,(H,23,24,25). The van der Waals surface area contributed by atoms with E-state index < -0.39 is 10.1 Å². The number of hydrogen-bond acceptors (Lipinski definition) is 6. The number of rotatable bonds is 8. The molecule has 0 unspecified atom stereocenters. The lowest BCUT2D eigenvalue weighted by atomic mass is 10.2. The van der Waals surface area contributed by atoms with Crippen LogP contribution in [0, 0.1) is 0 Å². The maximum Gasteiger partial charge on any atom is 0.296 e. The van der Waals surface area contributed by atoms with Crippen LogP contribution < -0.4 is 4.90 Å². The molecule has 26 heavy (non-hydrogen) atoms. The number of pyridine rings is 1. The second-order valence-corrected chi connectivity index (χ2v) is 7.95. The van der Waals surface area contributed by atoms with Crippen molar-refractivity contribution in [3.05, 3.63) is 41.0 Å². The van der Waals surface area contributed by atoms with Gasteiger partial charge in [0.1, 0.15) is 10.6 Å². The molecule has 140 valence electrons. The first-order valence-corrected chi connectivity index (χ1v) is 10.5. The van der Waals surface area contributed by atoms with Crippen molar-refractivity contribution in [3.8, 4) is 0 Å². The van der Waals surface area contributed by atoms with Gasteiger partial charge in [-0.1, -0.05) is 13.8 Å². The summed E-state index contributed by atoms with van der Waals surface area (Å²) < 4.78 is 34.0. The molecule has 1 aromatic carbocycles. The van der Waals surface area contributed by atoms with Gasteiger partial charge in [0.15, 0.2) is 5.82 Å². The molecule has 0 radical (unpaired) electrons. The molecule has 2 rings (SSSR count). The number of benzene rings is 1. The minimum Gasteiger partial charge on any atom is -0.372 e. The van der Waals surface area contributed by atoms with Crippen molar-refractivity contribution in [2.45, 2.75) is 31.6 Å². The average Bonchev–Trinajstić information content (AvgIpc) is 2.60. The van der Waals surface area contributed by atoms with Crippen molar-refractivity contribution in [1.82, 2.24) is 4.98 Å². The highest BCUT2D eigenvalue weighted by Crippen LogP contribution is 2.30. The van der Waals surface area contributed by atoms with Crippen LogP contribution in [0.2, 0.25) is 0 Å². The van der Waals surface area contributed by atoms with Gasteiger partial charge >= 0.3 is 0 Å². The van der Waals surface area contributed by atoms with Crippen molar-refractivity contribution < 1.29 is 13.0 Å². The van der Waals surface area contributed by atoms with E-state index in [1.54, 1.807) is 30.5 Å². The smallest absolute Gasteiger partial charge is 0.296 e. The molecule has 0 aliphatic rings. The third kappa shape index (κ3) is 5.58. The lowest BCUT2D eigenvalue weighted by Crippen LogP contribution is -2.25. The van der Waals surface area contributed by atoms with Crippen LogP contribution in [-0.2, 0) is 10.1 Å². The molecule has 7 nitrogen and oxygen atoms in total. The molecule has 0 saturated carbocycles. The minimum atomic E-state index is -4.44. The summed E-state index contributed by atoms with van der Waals surface area (Å²) >= 11 is 3.27. The first kappa shape index (κ1) is 20.5. The summed E-state index contributed by atoms with van der Waals surface area (Å²) in [4.78, 5) is 5.86. The van der Waals surface area contributed by atoms with Crippen molar-refractivity contribution in [2.24, 2.45) is 10.2 Å². The van der Waals surface area contributed by atoms with Crippen LogP contribution in [0.15, 0.2) is 56.1 Å². The number of anilines is 1. The van der Waals surface area contributed by atoms with Gasteiger partial charge in [-0.15, -0.1) is 10.2 Å². The zero-order chi connectivity index (χ0) is 19.2. The second-order valence-electron chi connectivity index (χ2n) is 5.65. The molecule has 2 aromatic rings. The Balaban J connectivity index is 2.41. The Bertz CT molecular complexity index is 864. The van der Waals surface area contributed by atoms with Crippen molar-refractivity contribution in [3.63, 3.8) is 0 Å². The fourth-order valence-electron chi connectivity index (χ4n) is 2.43. The predicted octanol–water partition coefficient (Wildman–Crippen LogP) is 5.13. The van der Waals surface area contributed by atoms with Crippen LogP contribution in [-0.4, -0.2) is 31.0 Å². The topological polar surface area (TPSA) is 95.2 Å². The molecule has 9 heteroatoms. The summed E-state index contributed by atoms with van der Waals surface area (Å²) in [7, 11) is -4.44. The zero-order valence-corrected chi connectivity index (χ0v) is 17.0. The van der Waals surface area contributed by atoms with Crippen molar-refractivity contribution in [2.75, 3.05) is 18.0 Å². The first-order valence-electron chi connectivity index (χ1n) is 8.25. The Morgan fingerprint density at radius 2 is 1.81 bits per heavy atom. The molecule has 1 heterocycles. The van der Waals surface area contributed by atoms with E-state index in [2.05, 4.69) is 49.9 Å². The average molecular weight is 441 g/mol. The Labute approximate surface area is 162 Å². The van der Waals surface area contributed by atoms with Crippen LogP contribution in [0.1, 0.15) is 26.7 Å². The monoisotopic (exact) mass is 440 g/mol. The summed E-state index contributed by atoms with van der Waals surface area (Å²) in [6.45, 7) is 5.70. The molecule has 0 aliphatic carbocycles. The number of hydrogen-bond donors (Lipinski definition) is 1. The molecule has 0 saturated heterocycles. The normalized spacial score (nSPS) is 11.8. The van der Waals surface area contributed by atoms with E-state index in [-0.39, 0.29) is 10.6 Å². The molecule has 0 amide bonds.